The van der Waals surface area contributed by atoms with E-state index in [1.54, 1.807) is 32.2 Å². The Balaban J connectivity index is 2.12. The number of carbonyl (C=O) groups excluding carboxylic acids is 1. The molecule has 1 aliphatic rings. The molecule has 0 bridgehead atoms. The van der Waals surface area contributed by atoms with Gasteiger partial charge in [-0.25, -0.2) is 4.79 Å². The van der Waals surface area contributed by atoms with Crippen molar-refractivity contribution in [1.29, 1.82) is 0 Å². The molecule has 4 heteroatoms. The average Bonchev–Trinajstić information content (AvgIpc) is 2.82. The minimum Gasteiger partial charge on any atom is -0.497 e. The lowest BCUT2D eigenvalue weighted by molar-refractivity contribution is -0.141. The third-order valence-corrected chi connectivity index (χ3v) is 3.94. The first kappa shape index (κ1) is 16.8. The van der Waals surface area contributed by atoms with Crippen molar-refractivity contribution in [3.05, 3.63) is 77.1 Å². The molecule has 2 aromatic rings. The number of ether oxygens (including phenoxy) is 3. The summed E-state index contributed by atoms with van der Waals surface area (Å²) in [5.74, 6) is 0.991. The summed E-state index contributed by atoms with van der Waals surface area (Å²) in [6.07, 6.45) is 3.53. The number of carbonyl (C=O) groups is 1. The summed E-state index contributed by atoms with van der Waals surface area (Å²) in [7, 11) is 1.62. The Labute approximate surface area is 147 Å². The second-order valence-electron chi connectivity index (χ2n) is 5.66. The summed E-state index contributed by atoms with van der Waals surface area (Å²) >= 11 is 0. The number of allylic oxidation sites excluding steroid dienone is 2. The van der Waals surface area contributed by atoms with Gasteiger partial charge < -0.3 is 14.2 Å². The smallest absolute Gasteiger partial charge is 0.374 e. The van der Waals surface area contributed by atoms with Crippen LogP contribution in [0.15, 0.2) is 60.4 Å². The van der Waals surface area contributed by atoms with Gasteiger partial charge in [0, 0.05) is 5.56 Å². The SMILES string of the molecule is CCOC(=O)C1=CC=C(c2ccc(C)cc2)c2cc(OC)ccc2O1. The molecule has 25 heavy (non-hydrogen) atoms. The quantitative estimate of drug-likeness (QED) is 0.782. The van der Waals surface area contributed by atoms with Crippen LogP contribution in [-0.4, -0.2) is 19.7 Å². The van der Waals surface area contributed by atoms with Crippen LogP contribution in [0, 0.1) is 6.92 Å². The van der Waals surface area contributed by atoms with Gasteiger partial charge in [0.1, 0.15) is 11.5 Å². The zero-order valence-corrected chi connectivity index (χ0v) is 14.5. The molecular weight excluding hydrogens is 316 g/mol. The second kappa shape index (κ2) is 7.26. The maximum atomic E-state index is 12.1. The topological polar surface area (TPSA) is 44.8 Å². The first-order valence-electron chi connectivity index (χ1n) is 8.14. The molecule has 0 N–H and O–H groups in total. The maximum absolute atomic E-state index is 12.1. The summed E-state index contributed by atoms with van der Waals surface area (Å²) in [6.45, 7) is 4.11. The van der Waals surface area contributed by atoms with E-state index in [2.05, 4.69) is 12.1 Å². The van der Waals surface area contributed by atoms with Gasteiger partial charge in [-0.15, -0.1) is 0 Å². The number of esters is 1. The van der Waals surface area contributed by atoms with E-state index in [0.29, 0.717) is 12.4 Å². The van der Waals surface area contributed by atoms with E-state index in [4.69, 9.17) is 14.2 Å². The van der Waals surface area contributed by atoms with Gasteiger partial charge in [0.05, 0.1) is 13.7 Å². The van der Waals surface area contributed by atoms with Crippen LogP contribution in [-0.2, 0) is 9.53 Å². The van der Waals surface area contributed by atoms with Crippen LogP contribution < -0.4 is 9.47 Å². The van der Waals surface area contributed by atoms with Crippen LogP contribution in [0.4, 0.5) is 0 Å². The fourth-order valence-electron chi connectivity index (χ4n) is 2.63. The molecule has 128 valence electrons. The molecule has 0 spiro atoms. The lowest BCUT2D eigenvalue weighted by Crippen LogP contribution is -2.12. The molecule has 4 nitrogen and oxygen atoms in total. The summed E-state index contributed by atoms with van der Waals surface area (Å²) in [6, 6.07) is 13.7. The molecule has 0 aliphatic carbocycles. The summed E-state index contributed by atoms with van der Waals surface area (Å²) in [4.78, 5) is 12.1. The molecule has 0 fully saturated rings. The minimum atomic E-state index is -0.481. The van der Waals surface area contributed by atoms with Crippen LogP contribution in [0.25, 0.3) is 5.57 Å². The van der Waals surface area contributed by atoms with Crippen LogP contribution in [0.1, 0.15) is 23.6 Å². The number of aryl methyl sites for hydroxylation is 1. The van der Waals surface area contributed by atoms with Crippen molar-refractivity contribution in [2.24, 2.45) is 0 Å². The van der Waals surface area contributed by atoms with Crippen LogP contribution >= 0.6 is 0 Å². The molecule has 1 heterocycles. The summed E-state index contributed by atoms with van der Waals surface area (Å²) in [5, 5.41) is 0. The number of methoxy groups -OCH3 is 1. The average molecular weight is 336 g/mol. The first-order valence-corrected chi connectivity index (χ1v) is 8.14. The highest BCUT2D eigenvalue weighted by atomic mass is 16.6. The molecule has 1 aliphatic heterocycles. The van der Waals surface area contributed by atoms with E-state index < -0.39 is 5.97 Å². The Kier molecular flexibility index (Phi) is 4.89. The molecule has 0 saturated heterocycles. The maximum Gasteiger partial charge on any atom is 0.374 e. The van der Waals surface area contributed by atoms with Crippen molar-refractivity contribution in [3.63, 3.8) is 0 Å². The fourth-order valence-corrected chi connectivity index (χ4v) is 2.63. The van der Waals surface area contributed by atoms with Gasteiger partial charge in [-0.1, -0.05) is 29.8 Å². The molecule has 0 saturated carbocycles. The standard InChI is InChI=1S/C21H20O4/c1-4-24-21(22)20-12-10-17(15-7-5-14(2)6-8-15)18-13-16(23-3)9-11-19(18)25-20/h5-13H,4H2,1-3H3. The largest absolute Gasteiger partial charge is 0.497 e. The highest BCUT2D eigenvalue weighted by Crippen LogP contribution is 2.37. The first-order chi connectivity index (χ1) is 12.1. The predicted molar refractivity (Wildman–Crippen MR) is 96.6 cm³/mol. The summed E-state index contributed by atoms with van der Waals surface area (Å²) in [5.41, 5.74) is 4.03. The highest BCUT2D eigenvalue weighted by molar-refractivity contribution is 5.91. The highest BCUT2D eigenvalue weighted by Gasteiger charge is 2.21. The third-order valence-electron chi connectivity index (χ3n) is 3.94. The Morgan fingerprint density at radius 2 is 1.84 bits per heavy atom. The van der Waals surface area contributed by atoms with Gasteiger partial charge in [0.2, 0.25) is 5.76 Å². The second-order valence-corrected chi connectivity index (χ2v) is 5.66. The van der Waals surface area contributed by atoms with Gasteiger partial charge in [0.25, 0.3) is 0 Å². The Hall–Kier alpha value is -3.01. The van der Waals surface area contributed by atoms with Crippen molar-refractivity contribution in [1.82, 2.24) is 0 Å². The third kappa shape index (κ3) is 3.58. The lowest BCUT2D eigenvalue weighted by atomic mass is 9.96. The van der Waals surface area contributed by atoms with Crippen molar-refractivity contribution >= 4 is 11.5 Å². The molecule has 0 unspecified atom stereocenters. The molecular formula is C21H20O4. The monoisotopic (exact) mass is 336 g/mol. The van der Waals surface area contributed by atoms with Crippen LogP contribution in [0.2, 0.25) is 0 Å². The van der Waals surface area contributed by atoms with E-state index in [1.165, 1.54) is 5.56 Å². The van der Waals surface area contributed by atoms with Crippen molar-refractivity contribution in [3.8, 4) is 11.5 Å². The van der Waals surface area contributed by atoms with Crippen molar-refractivity contribution in [2.45, 2.75) is 13.8 Å². The molecule has 2 aromatic carbocycles. The molecule has 0 atom stereocenters. The fraction of sp³-hybridized carbons (Fsp3) is 0.190. The van der Waals surface area contributed by atoms with Crippen LogP contribution in [0.5, 0.6) is 11.5 Å². The lowest BCUT2D eigenvalue weighted by Gasteiger charge is -2.14. The van der Waals surface area contributed by atoms with E-state index >= 15 is 0 Å². The zero-order chi connectivity index (χ0) is 17.8. The van der Waals surface area contributed by atoms with E-state index in [0.717, 1.165) is 22.4 Å². The van der Waals surface area contributed by atoms with Crippen molar-refractivity contribution in [2.75, 3.05) is 13.7 Å². The Bertz CT molecular complexity index is 845. The number of hydrogen-bond donors (Lipinski definition) is 0. The normalized spacial score (nSPS) is 12.9. The van der Waals surface area contributed by atoms with Crippen molar-refractivity contribution < 1.29 is 19.0 Å². The number of benzene rings is 2. The van der Waals surface area contributed by atoms with Gasteiger partial charge in [-0.2, -0.15) is 0 Å². The number of hydrogen-bond acceptors (Lipinski definition) is 4. The Morgan fingerprint density at radius 3 is 2.52 bits per heavy atom. The molecule has 0 aromatic heterocycles. The van der Waals surface area contributed by atoms with E-state index in [1.807, 2.05) is 31.2 Å². The molecule has 0 amide bonds. The minimum absolute atomic E-state index is 0.162. The molecule has 0 radical (unpaired) electrons. The number of rotatable bonds is 4. The number of fused-ring (bicyclic) bond motifs is 1. The van der Waals surface area contributed by atoms with E-state index in [-0.39, 0.29) is 5.76 Å². The van der Waals surface area contributed by atoms with E-state index in [9.17, 15) is 4.79 Å². The molecule has 3 rings (SSSR count). The van der Waals surface area contributed by atoms with Gasteiger partial charge in [-0.3, -0.25) is 0 Å². The van der Waals surface area contributed by atoms with Gasteiger partial charge in [0.15, 0.2) is 0 Å². The van der Waals surface area contributed by atoms with Gasteiger partial charge in [-0.05, 0) is 55.3 Å². The zero-order valence-electron chi connectivity index (χ0n) is 14.5. The summed E-state index contributed by atoms with van der Waals surface area (Å²) < 4.78 is 16.2. The Morgan fingerprint density at radius 1 is 1.08 bits per heavy atom. The predicted octanol–water partition coefficient (Wildman–Crippen LogP) is 4.27. The van der Waals surface area contributed by atoms with Crippen LogP contribution in [0.3, 0.4) is 0 Å². The van der Waals surface area contributed by atoms with Gasteiger partial charge >= 0.3 is 5.97 Å².